The molecule has 132 valence electrons. The highest BCUT2D eigenvalue weighted by molar-refractivity contribution is 7.89. The molecule has 8 heteroatoms. The van der Waals surface area contributed by atoms with Gasteiger partial charge in [0.25, 0.3) is 5.91 Å². The summed E-state index contributed by atoms with van der Waals surface area (Å²) in [7, 11) is -3.85. The molecule has 2 aliphatic rings. The maximum Gasteiger partial charge on any atom is 0.277 e. The number of carbonyl (C=O) groups is 1. The Morgan fingerprint density at radius 2 is 1.71 bits per heavy atom. The molecule has 2 heterocycles. The first-order valence-electron chi connectivity index (χ1n) is 8.34. The van der Waals surface area contributed by atoms with Crippen LogP contribution in [0.25, 0.3) is 0 Å². The van der Waals surface area contributed by atoms with Crippen LogP contribution >= 0.6 is 0 Å². The Hall–Kier alpha value is -1.51. The molecular formula is C16H23FN3O3S+. The number of hydrogen-bond acceptors (Lipinski definition) is 3. The molecule has 24 heavy (non-hydrogen) atoms. The molecule has 1 aromatic carbocycles. The van der Waals surface area contributed by atoms with Gasteiger partial charge in [0.2, 0.25) is 10.0 Å². The molecule has 0 unspecified atom stereocenters. The van der Waals surface area contributed by atoms with E-state index in [0.29, 0.717) is 19.6 Å². The van der Waals surface area contributed by atoms with Gasteiger partial charge in [0.05, 0.1) is 13.1 Å². The van der Waals surface area contributed by atoms with Crippen LogP contribution in [0.1, 0.15) is 12.8 Å². The predicted molar refractivity (Wildman–Crippen MR) is 86.5 cm³/mol. The van der Waals surface area contributed by atoms with Crippen molar-refractivity contribution < 1.29 is 22.5 Å². The van der Waals surface area contributed by atoms with Crippen molar-refractivity contribution in [1.82, 2.24) is 9.21 Å². The molecule has 3 rings (SSSR count). The van der Waals surface area contributed by atoms with Gasteiger partial charge in [-0.2, -0.15) is 4.31 Å². The van der Waals surface area contributed by atoms with Crippen LogP contribution in [0.4, 0.5) is 4.39 Å². The minimum Gasteiger partial charge on any atom is -0.335 e. The summed E-state index contributed by atoms with van der Waals surface area (Å²) in [4.78, 5) is 15.0. The molecule has 0 bridgehead atoms. The van der Waals surface area contributed by atoms with Crippen LogP contribution in [-0.2, 0) is 14.8 Å². The molecule has 2 fully saturated rings. The number of carbonyl (C=O) groups excluding carboxylic acids is 1. The fourth-order valence-corrected chi connectivity index (χ4v) is 4.84. The number of benzene rings is 1. The summed E-state index contributed by atoms with van der Waals surface area (Å²) < 4.78 is 40.1. The Bertz CT molecular complexity index is 696. The highest BCUT2D eigenvalue weighted by Crippen LogP contribution is 2.20. The minimum absolute atomic E-state index is 0.0786. The third kappa shape index (κ3) is 3.60. The van der Waals surface area contributed by atoms with Crippen LogP contribution in [0, 0.1) is 5.82 Å². The lowest BCUT2D eigenvalue weighted by Crippen LogP contribution is -3.11. The fraction of sp³-hybridized carbons (Fsp3) is 0.562. The Balaban J connectivity index is 1.60. The molecule has 0 aliphatic carbocycles. The molecule has 0 aromatic heterocycles. The minimum atomic E-state index is -3.85. The summed E-state index contributed by atoms with van der Waals surface area (Å²) in [5.41, 5.74) is 0. The number of nitrogens with zero attached hydrogens (tertiary/aromatic N) is 2. The predicted octanol–water partition coefficient (Wildman–Crippen LogP) is -0.663. The van der Waals surface area contributed by atoms with Crippen molar-refractivity contribution in [3.8, 4) is 0 Å². The second kappa shape index (κ2) is 7.16. The molecule has 1 amide bonds. The van der Waals surface area contributed by atoms with Gasteiger partial charge in [-0.15, -0.1) is 0 Å². The molecule has 2 aliphatic heterocycles. The maximum absolute atomic E-state index is 13.8. The highest BCUT2D eigenvalue weighted by atomic mass is 32.2. The van der Waals surface area contributed by atoms with E-state index in [1.807, 2.05) is 0 Å². The summed E-state index contributed by atoms with van der Waals surface area (Å²) in [6.45, 7) is 3.69. The van der Waals surface area contributed by atoms with E-state index < -0.39 is 15.8 Å². The molecule has 0 spiro atoms. The average molecular weight is 356 g/mol. The molecule has 1 aromatic rings. The first-order valence-corrected chi connectivity index (χ1v) is 9.78. The number of amides is 1. The van der Waals surface area contributed by atoms with Gasteiger partial charge >= 0.3 is 0 Å². The van der Waals surface area contributed by atoms with Gasteiger partial charge in [-0.3, -0.25) is 4.79 Å². The van der Waals surface area contributed by atoms with E-state index in [-0.39, 0.29) is 23.9 Å². The van der Waals surface area contributed by atoms with Crippen LogP contribution in [-0.4, -0.2) is 69.3 Å². The van der Waals surface area contributed by atoms with Gasteiger partial charge in [0.15, 0.2) is 6.54 Å². The smallest absolute Gasteiger partial charge is 0.277 e. The fourth-order valence-electron chi connectivity index (χ4n) is 3.35. The van der Waals surface area contributed by atoms with E-state index in [0.717, 1.165) is 32.0 Å². The Morgan fingerprint density at radius 1 is 1.08 bits per heavy atom. The average Bonchev–Trinajstić information content (AvgIpc) is 3.08. The van der Waals surface area contributed by atoms with Crippen molar-refractivity contribution in [2.24, 2.45) is 0 Å². The third-order valence-corrected chi connectivity index (χ3v) is 6.69. The van der Waals surface area contributed by atoms with E-state index in [4.69, 9.17) is 0 Å². The van der Waals surface area contributed by atoms with Crippen molar-refractivity contribution >= 4 is 15.9 Å². The van der Waals surface area contributed by atoms with Gasteiger partial charge in [-0.1, -0.05) is 12.1 Å². The van der Waals surface area contributed by atoms with Crippen molar-refractivity contribution in [2.75, 3.05) is 45.8 Å². The van der Waals surface area contributed by atoms with E-state index in [1.54, 1.807) is 4.90 Å². The zero-order valence-corrected chi connectivity index (χ0v) is 14.4. The quantitative estimate of drug-likeness (QED) is 0.779. The van der Waals surface area contributed by atoms with E-state index >= 15 is 0 Å². The molecule has 6 nitrogen and oxygen atoms in total. The van der Waals surface area contributed by atoms with Crippen LogP contribution < -0.4 is 4.90 Å². The van der Waals surface area contributed by atoms with Crippen molar-refractivity contribution in [2.45, 2.75) is 17.7 Å². The van der Waals surface area contributed by atoms with E-state index in [9.17, 15) is 17.6 Å². The van der Waals surface area contributed by atoms with E-state index in [1.165, 1.54) is 27.4 Å². The van der Waals surface area contributed by atoms with Crippen molar-refractivity contribution in [3.63, 3.8) is 0 Å². The SMILES string of the molecule is O=C(C[NH+]1CCCC1)N1CCN(S(=O)(=O)c2ccccc2F)CC1. The Kier molecular flexibility index (Phi) is 5.17. The van der Waals surface area contributed by atoms with Gasteiger partial charge in [0.1, 0.15) is 10.7 Å². The van der Waals surface area contributed by atoms with Crippen LogP contribution in [0.15, 0.2) is 29.2 Å². The molecule has 0 radical (unpaired) electrons. The Morgan fingerprint density at radius 3 is 2.33 bits per heavy atom. The number of nitrogens with one attached hydrogen (secondary N) is 1. The summed E-state index contributed by atoms with van der Waals surface area (Å²) in [5.74, 6) is -0.663. The van der Waals surface area contributed by atoms with Gasteiger partial charge in [-0.05, 0) is 12.1 Å². The summed E-state index contributed by atoms with van der Waals surface area (Å²) in [5, 5.41) is 0. The zero-order valence-electron chi connectivity index (χ0n) is 13.6. The Labute approximate surface area is 141 Å². The summed E-state index contributed by atoms with van der Waals surface area (Å²) in [6.07, 6.45) is 2.33. The normalized spacial score (nSPS) is 20.5. The number of likely N-dealkylation sites (tertiary alicyclic amines) is 1. The largest absolute Gasteiger partial charge is 0.335 e. The lowest BCUT2D eigenvalue weighted by Gasteiger charge is -2.34. The van der Waals surface area contributed by atoms with Gasteiger partial charge < -0.3 is 9.80 Å². The molecule has 0 saturated carbocycles. The van der Waals surface area contributed by atoms with Crippen LogP contribution in [0.3, 0.4) is 0 Å². The topological polar surface area (TPSA) is 62.1 Å². The van der Waals surface area contributed by atoms with Crippen molar-refractivity contribution in [3.05, 3.63) is 30.1 Å². The maximum atomic E-state index is 13.8. The lowest BCUT2D eigenvalue weighted by atomic mass is 10.3. The second-order valence-corrected chi connectivity index (χ2v) is 8.26. The highest BCUT2D eigenvalue weighted by Gasteiger charge is 2.32. The van der Waals surface area contributed by atoms with Crippen LogP contribution in [0.2, 0.25) is 0 Å². The van der Waals surface area contributed by atoms with Gasteiger partial charge in [-0.25, -0.2) is 12.8 Å². The monoisotopic (exact) mass is 356 g/mol. The number of quaternary nitrogens is 1. The lowest BCUT2D eigenvalue weighted by molar-refractivity contribution is -0.879. The second-order valence-electron chi connectivity index (χ2n) is 6.35. The number of sulfonamides is 1. The first-order chi connectivity index (χ1) is 11.5. The number of hydrogen-bond donors (Lipinski definition) is 1. The molecule has 2 saturated heterocycles. The third-order valence-electron chi connectivity index (χ3n) is 4.76. The van der Waals surface area contributed by atoms with E-state index in [2.05, 4.69) is 0 Å². The van der Waals surface area contributed by atoms with Crippen molar-refractivity contribution in [1.29, 1.82) is 0 Å². The number of piperazine rings is 1. The van der Waals surface area contributed by atoms with Crippen LogP contribution in [0.5, 0.6) is 0 Å². The molecule has 1 N–H and O–H groups in total. The number of rotatable bonds is 4. The summed E-state index contributed by atoms with van der Waals surface area (Å²) >= 11 is 0. The molecular weight excluding hydrogens is 333 g/mol. The zero-order chi connectivity index (χ0) is 17.2. The molecule has 0 atom stereocenters. The van der Waals surface area contributed by atoms with Gasteiger partial charge in [0, 0.05) is 39.0 Å². The number of halogens is 1. The standard InChI is InChI=1S/C16H22FN3O3S/c17-14-5-1-2-6-15(14)24(22,23)20-11-9-19(10-12-20)16(21)13-18-7-3-4-8-18/h1-2,5-6H,3-4,7-13H2/p+1. The first kappa shape index (κ1) is 17.3. The summed E-state index contributed by atoms with van der Waals surface area (Å²) in [6, 6.07) is 5.39.